The summed E-state index contributed by atoms with van der Waals surface area (Å²) in [6.45, 7) is 5.31. The minimum Gasteiger partial charge on any atom is -0.494 e. The van der Waals surface area contributed by atoms with E-state index in [0.29, 0.717) is 25.5 Å². The van der Waals surface area contributed by atoms with Gasteiger partial charge >= 0.3 is 0 Å². The van der Waals surface area contributed by atoms with E-state index in [4.69, 9.17) is 9.84 Å². The molecule has 0 saturated carbocycles. The molecule has 0 fully saturated rings. The van der Waals surface area contributed by atoms with Gasteiger partial charge in [0.2, 0.25) is 5.91 Å². The van der Waals surface area contributed by atoms with Gasteiger partial charge in [-0.05, 0) is 30.0 Å². The van der Waals surface area contributed by atoms with Gasteiger partial charge in [-0.1, -0.05) is 26.0 Å². The Labute approximate surface area is 114 Å². The number of rotatable bonds is 8. The van der Waals surface area contributed by atoms with Gasteiger partial charge in [0.25, 0.3) is 0 Å². The zero-order valence-corrected chi connectivity index (χ0v) is 11.7. The maximum absolute atomic E-state index is 11.4. The second-order valence-corrected chi connectivity index (χ2v) is 4.93. The van der Waals surface area contributed by atoms with Gasteiger partial charge in [0.1, 0.15) is 5.75 Å². The quantitative estimate of drug-likeness (QED) is 0.753. The summed E-state index contributed by atoms with van der Waals surface area (Å²) >= 11 is 0. The van der Waals surface area contributed by atoms with E-state index in [9.17, 15) is 4.79 Å². The summed E-state index contributed by atoms with van der Waals surface area (Å²) < 4.78 is 5.61. The van der Waals surface area contributed by atoms with Crippen LogP contribution in [0.3, 0.4) is 0 Å². The van der Waals surface area contributed by atoms with E-state index in [1.54, 1.807) is 0 Å². The van der Waals surface area contributed by atoms with E-state index in [0.717, 1.165) is 17.7 Å². The van der Waals surface area contributed by atoms with Gasteiger partial charge < -0.3 is 15.2 Å². The molecule has 19 heavy (non-hydrogen) atoms. The number of hydrogen-bond donors (Lipinski definition) is 2. The van der Waals surface area contributed by atoms with Gasteiger partial charge in [0.15, 0.2) is 0 Å². The van der Waals surface area contributed by atoms with Crippen molar-refractivity contribution in [3.05, 3.63) is 29.8 Å². The number of nitrogens with one attached hydrogen (secondary N) is 1. The summed E-state index contributed by atoms with van der Waals surface area (Å²) in [5.74, 6) is 1.39. The van der Waals surface area contributed by atoms with Crippen molar-refractivity contribution in [1.29, 1.82) is 0 Å². The molecular weight excluding hydrogens is 242 g/mol. The van der Waals surface area contributed by atoms with E-state index in [2.05, 4.69) is 19.2 Å². The lowest BCUT2D eigenvalue weighted by atomic mass is 10.1. The molecule has 0 aliphatic carbocycles. The van der Waals surface area contributed by atoms with Crippen LogP contribution in [0.2, 0.25) is 0 Å². The van der Waals surface area contributed by atoms with Crippen LogP contribution in [0.5, 0.6) is 5.75 Å². The Balaban J connectivity index is 2.36. The maximum Gasteiger partial charge on any atom is 0.224 e. The largest absolute Gasteiger partial charge is 0.494 e. The van der Waals surface area contributed by atoms with Gasteiger partial charge in [0, 0.05) is 6.54 Å². The van der Waals surface area contributed by atoms with Gasteiger partial charge in [0.05, 0.1) is 19.6 Å². The van der Waals surface area contributed by atoms with E-state index >= 15 is 0 Å². The number of carbonyl (C=O) groups is 1. The van der Waals surface area contributed by atoms with Crippen molar-refractivity contribution in [2.45, 2.75) is 26.7 Å². The Bertz CT molecular complexity index is 373. The van der Waals surface area contributed by atoms with Gasteiger partial charge in [-0.2, -0.15) is 0 Å². The highest BCUT2D eigenvalue weighted by Crippen LogP contribution is 2.13. The van der Waals surface area contributed by atoms with Crippen LogP contribution in [0, 0.1) is 5.92 Å². The summed E-state index contributed by atoms with van der Waals surface area (Å²) in [5, 5.41) is 11.2. The van der Waals surface area contributed by atoms with Gasteiger partial charge in [-0.15, -0.1) is 0 Å². The van der Waals surface area contributed by atoms with Crippen LogP contribution in [0.1, 0.15) is 25.8 Å². The molecule has 2 N–H and O–H groups in total. The first-order chi connectivity index (χ1) is 9.11. The van der Waals surface area contributed by atoms with Gasteiger partial charge in [-0.25, -0.2) is 0 Å². The van der Waals surface area contributed by atoms with Crippen LogP contribution in [0.15, 0.2) is 24.3 Å². The molecule has 0 radical (unpaired) electrons. The van der Waals surface area contributed by atoms with Crippen molar-refractivity contribution < 1.29 is 14.6 Å². The maximum atomic E-state index is 11.4. The topological polar surface area (TPSA) is 58.6 Å². The molecule has 4 heteroatoms. The molecule has 1 aromatic rings. The van der Waals surface area contributed by atoms with E-state index in [1.807, 2.05) is 24.3 Å². The predicted molar refractivity (Wildman–Crippen MR) is 75.2 cm³/mol. The third-order valence-electron chi connectivity index (χ3n) is 2.69. The number of hydrogen-bond acceptors (Lipinski definition) is 3. The molecule has 0 aliphatic heterocycles. The van der Waals surface area contributed by atoms with Crippen LogP contribution < -0.4 is 10.1 Å². The average Bonchev–Trinajstić information content (AvgIpc) is 2.38. The van der Waals surface area contributed by atoms with Crippen molar-refractivity contribution in [1.82, 2.24) is 5.32 Å². The normalized spacial score (nSPS) is 10.5. The monoisotopic (exact) mass is 265 g/mol. The van der Waals surface area contributed by atoms with Crippen LogP contribution in [-0.4, -0.2) is 30.8 Å². The molecule has 0 atom stereocenters. The second-order valence-electron chi connectivity index (χ2n) is 4.93. The molecule has 1 rings (SSSR count). The molecule has 0 heterocycles. The molecule has 0 aliphatic rings. The van der Waals surface area contributed by atoms with Crippen LogP contribution in [0.4, 0.5) is 0 Å². The van der Waals surface area contributed by atoms with Crippen molar-refractivity contribution in [2.75, 3.05) is 19.8 Å². The smallest absolute Gasteiger partial charge is 0.224 e. The van der Waals surface area contributed by atoms with Crippen LogP contribution in [-0.2, 0) is 11.2 Å². The second kappa shape index (κ2) is 8.53. The third-order valence-corrected chi connectivity index (χ3v) is 2.69. The van der Waals surface area contributed by atoms with E-state index in [1.165, 1.54) is 0 Å². The molecular formula is C15H23NO3. The Morgan fingerprint density at radius 2 is 2.00 bits per heavy atom. The lowest BCUT2D eigenvalue weighted by Gasteiger charge is -2.09. The highest BCUT2D eigenvalue weighted by Gasteiger charge is 2.03. The minimum atomic E-state index is -0.0810. The summed E-state index contributed by atoms with van der Waals surface area (Å²) in [5.41, 5.74) is 0.937. The highest BCUT2D eigenvalue weighted by atomic mass is 16.5. The van der Waals surface area contributed by atoms with Crippen molar-refractivity contribution in [3.8, 4) is 5.75 Å². The summed E-state index contributed by atoms with van der Waals surface area (Å²) in [4.78, 5) is 11.4. The Kier molecular flexibility index (Phi) is 6.97. The fraction of sp³-hybridized carbons (Fsp3) is 0.533. The van der Waals surface area contributed by atoms with Crippen LogP contribution in [0.25, 0.3) is 0 Å². The molecule has 0 spiro atoms. The summed E-state index contributed by atoms with van der Waals surface area (Å²) in [6.07, 6.45) is 1.36. The van der Waals surface area contributed by atoms with E-state index in [-0.39, 0.29) is 12.5 Å². The lowest BCUT2D eigenvalue weighted by molar-refractivity contribution is -0.120. The molecule has 4 nitrogen and oxygen atoms in total. The first-order valence-corrected chi connectivity index (χ1v) is 6.71. The van der Waals surface area contributed by atoms with Crippen molar-refractivity contribution >= 4 is 5.91 Å². The molecule has 0 saturated heterocycles. The standard InChI is InChI=1S/C15H23NO3/c1-12(2)7-10-19-14-5-3-13(4-6-14)11-15(18)16-8-9-17/h3-6,12,17H,7-11H2,1-2H3,(H,16,18). The van der Waals surface area contributed by atoms with E-state index < -0.39 is 0 Å². The zero-order chi connectivity index (χ0) is 14.1. The van der Waals surface area contributed by atoms with Crippen molar-refractivity contribution in [3.63, 3.8) is 0 Å². The fourth-order valence-corrected chi connectivity index (χ4v) is 1.56. The Morgan fingerprint density at radius 3 is 2.58 bits per heavy atom. The minimum absolute atomic E-state index is 0.0334. The number of carbonyl (C=O) groups excluding carboxylic acids is 1. The molecule has 0 aromatic heterocycles. The number of aliphatic hydroxyl groups is 1. The van der Waals surface area contributed by atoms with Crippen LogP contribution >= 0.6 is 0 Å². The fourth-order valence-electron chi connectivity index (χ4n) is 1.56. The Hall–Kier alpha value is -1.55. The molecule has 0 bridgehead atoms. The van der Waals surface area contributed by atoms with Gasteiger partial charge in [-0.3, -0.25) is 4.79 Å². The number of ether oxygens (including phenoxy) is 1. The molecule has 1 aromatic carbocycles. The predicted octanol–water partition coefficient (Wildman–Crippen LogP) is 1.76. The first kappa shape index (κ1) is 15.5. The number of amides is 1. The molecule has 106 valence electrons. The highest BCUT2D eigenvalue weighted by molar-refractivity contribution is 5.78. The molecule has 1 amide bonds. The number of benzene rings is 1. The SMILES string of the molecule is CC(C)CCOc1ccc(CC(=O)NCCO)cc1. The summed E-state index contributed by atoms with van der Waals surface area (Å²) in [7, 11) is 0. The third kappa shape index (κ3) is 6.82. The summed E-state index contributed by atoms with van der Waals surface area (Å²) in [6, 6.07) is 7.55. The average molecular weight is 265 g/mol. The lowest BCUT2D eigenvalue weighted by Crippen LogP contribution is -2.27. The van der Waals surface area contributed by atoms with Crippen molar-refractivity contribution in [2.24, 2.45) is 5.92 Å². The number of aliphatic hydroxyl groups excluding tert-OH is 1. The molecule has 0 unspecified atom stereocenters. The first-order valence-electron chi connectivity index (χ1n) is 6.71. The zero-order valence-electron chi connectivity index (χ0n) is 11.7. The Morgan fingerprint density at radius 1 is 1.32 bits per heavy atom.